The number of ether oxygens (including phenoxy) is 1. The van der Waals surface area contributed by atoms with E-state index in [2.05, 4.69) is 5.32 Å². The van der Waals surface area contributed by atoms with Crippen LogP contribution in [0.1, 0.15) is 19.3 Å². The predicted molar refractivity (Wildman–Crippen MR) is 66.8 cm³/mol. The van der Waals surface area contributed by atoms with E-state index in [0.29, 0.717) is 13.1 Å². The molecule has 0 aromatic carbocycles. The van der Waals surface area contributed by atoms with Crippen LogP contribution < -0.4 is 16.8 Å². The Morgan fingerprint density at radius 2 is 2.22 bits per heavy atom. The number of carbonyl (C=O) groups is 2. The molecular weight excluding hydrogens is 236 g/mol. The zero-order valence-corrected chi connectivity index (χ0v) is 10.7. The summed E-state index contributed by atoms with van der Waals surface area (Å²) in [5.41, 5.74) is 10.8. The third-order valence-electron chi connectivity index (χ3n) is 3.09. The van der Waals surface area contributed by atoms with Crippen LogP contribution >= 0.6 is 0 Å². The van der Waals surface area contributed by atoms with Gasteiger partial charge in [0.2, 0.25) is 5.91 Å². The van der Waals surface area contributed by atoms with E-state index in [-0.39, 0.29) is 18.6 Å². The molecule has 0 bridgehead atoms. The van der Waals surface area contributed by atoms with Gasteiger partial charge in [0.15, 0.2) is 0 Å². The molecule has 18 heavy (non-hydrogen) atoms. The number of nitrogens with one attached hydrogen (secondary N) is 1. The van der Waals surface area contributed by atoms with E-state index in [9.17, 15) is 9.59 Å². The number of hydrogen-bond acceptors (Lipinski definition) is 4. The first-order chi connectivity index (χ1) is 8.56. The minimum Gasteiger partial charge on any atom is -0.383 e. The van der Waals surface area contributed by atoms with Crippen LogP contribution in [0.5, 0.6) is 0 Å². The van der Waals surface area contributed by atoms with Crippen molar-refractivity contribution in [1.29, 1.82) is 0 Å². The van der Waals surface area contributed by atoms with E-state index in [1.807, 2.05) is 0 Å². The monoisotopic (exact) mass is 258 g/mol. The van der Waals surface area contributed by atoms with E-state index >= 15 is 0 Å². The van der Waals surface area contributed by atoms with Gasteiger partial charge in [-0.05, 0) is 19.3 Å². The number of carbonyl (C=O) groups excluding carboxylic acids is 2. The second kappa shape index (κ2) is 7.17. The Morgan fingerprint density at radius 1 is 1.50 bits per heavy atom. The smallest absolute Gasteiger partial charge is 0.312 e. The van der Waals surface area contributed by atoms with Gasteiger partial charge in [-0.1, -0.05) is 0 Å². The maximum absolute atomic E-state index is 12.1. The first-order valence-electron chi connectivity index (χ1n) is 6.14. The zero-order valence-electron chi connectivity index (χ0n) is 10.7. The summed E-state index contributed by atoms with van der Waals surface area (Å²) in [4.78, 5) is 24.6. The van der Waals surface area contributed by atoms with Crippen LogP contribution in [0.15, 0.2) is 0 Å². The van der Waals surface area contributed by atoms with E-state index in [1.165, 1.54) is 7.11 Å². The van der Waals surface area contributed by atoms with Crippen molar-refractivity contribution in [2.45, 2.75) is 31.3 Å². The Morgan fingerprint density at radius 3 is 2.83 bits per heavy atom. The van der Waals surface area contributed by atoms with Crippen LogP contribution in [0.2, 0.25) is 0 Å². The summed E-state index contributed by atoms with van der Waals surface area (Å²) >= 11 is 0. The first-order valence-corrected chi connectivity index (χ1v) is 6.14. The fourth-order valence-electron chi connectivity index (χ4n) is 2.19. The number of nitrogens with zero attached hydrogens (tertiary/aromatic N) is 1. The summed E-state index contributed by atoms with van der Waals surface area (Å²) in [6.07, 6.45) is 2.85. The highest BCUT2D eigenvalue weighted by atomic mass is 16.5. The molecule has 1 fully saturated rings. The van der Waals surface area contributed by atoms with Gasteiger partial charge < -0.3 is 26.4 Å². The van der Waals surface area contributed by atoms with Gasteiger partial charge in [0, 0.05) is 26.2 Å². The van der Waals surface area contributed by atoms with Gasteiger partial charge in [0.05, 0.1) is 6.61 Å². The number of hydrogen-bond donors (Lipinski definition) is 3. The van der Waals surface area contributed by atoms with Crippen molar-refractivity contribution in [2.75, 3.05) is 26.8 Å². The number of likely N-dealkylation sites (tertiary alicyclic amines) is 1. The van der Waals surface area contributed by atoms with Gasteiger partial charge in [-0.15, -0.1) is 0 Å². The summed E-state index contributed by atoms with van der Waals surface area (Å²) in [6, 6.07) is -1.25. The standard InChI is InChI=1S/C11H22N4O3/c1-18-7-9(12)10(16)15-5-3-2-4-8(15)6-14-11(13)17/h8-9H,2-7,12H2,1H3,(H3,13,14,17). The number of amides is 3. The quantitative estimate of drug-likeness (QED) is 0.588. The number of methoxy groups -OCH3 is 1. The number of rotatable bonds is 5. The highest BCUT2D eigenvalue weighted by Gasteiger charge is 2.29. The molecule has 3 amide bonds. The van der Waals surface area contributed by atoms with E-state index in [4.69, 9.17) is 16.2 Å². The van der Waals surface area contributed by atoms with Crippen molar-refractivity contribution in [2.24, 2.45) is 11.5 Å². The summed E-state index contributed by atoms with van der Waals surface area (Å²) in [6.45, 7) is 1.24. The lowest BCUT2D eigenvalue weighted by atomic mass is 10.0. The van der Waals surface area contributed by atoms with Crippen molar-refractivity contribution < 1.29 is 14.3 Å². The molecule has 104 valence electrons. The number of urea groups is 1. The molecule has 1 rings (SSSR count). The fraction of sp³-hybridized carbons (Fsp3) is 0.818. The molecule has 1 heterocycles. The SMILES string of the molecule is COCC(N)C(=O)N1CCCCC1CNC(N)=O. The van der Waals surface area contributed by atoms with Crippen LogP contribution in [0, 0.1) is 0 Å². The van der Waals surface area contributed by atoms with Crippen molar-refractivity contribution >= 4 is 11.9 Å². The topological polar surface area (TPSA) is 111 Å². The van der Waals surface area contributed by atoms with Gasteiger partial charge in [0.1, 0.15) is 6.04 Å². The van der Waals surface area contributed by atoms with Crippen molar-refractivity contribution in [3.05, 3.63) is 0 Å². The normalized spacial score (nSPS) is 21.4. The molecule has 7 nitrogen and oxygen atoms in total. The van der Waals surface area contributed by atoms with Gasteiger partial charge in [0.25, 0.3) is 0 Å². The average Bonchev–Trinajstić information content (AvgIpc) is 2.36. The molecule has 2 unspecified atom stereocenters. The van der Waals surface area contributed by atoms with Gasteiger partial charge in [-0.25, -0.2) is 4.79 Å². The summed E-state index contributed by atoms with van der Waals surface area (Å²) in [7, 11) is 1.51. The maximum atomic E-state index is 12.1. The van der Waals surface area contributed by atoms with E-state index in [0.717, 1.165) is 19.3 Å². The minimum absolute atomic E-state index is 0.0262. The molecule has 5 N–H and O–H groups in total. The average molecular weight is 258 g/mol. The third kappa shape index (κ3) is 4.15. The molecule has 2 atom stereocenters. The molecule has 0 radical (unpaired) electrons. The lowest BCUT2D eigenvalue weighted by Gasteiger charge is -2.37. The van der Waals surface area contributed by atoms with Gasteiger partial charge in [-0.2, -0.15) is 0 Å². The Hall–Kier alpha value is -1.34. The van der Waals surface area contributed by atoms with Gasteiger partial charge >= 0.3 is 6.03 Å². The largest absolute Gasteiger partial charge is 0.383 e. The Balaban J connectivity index is 2.57. The lowest BCUT2D eigenvalue weighted by Crippen LogP contribution is -2.55. The number of primary amides is 1. The van der Waals surface area contributed by atoms with Crippen LogP contribution in [-0.2, 0) is 9.53 Å². The molecule has 1 aliphatic rings. The van der Waals surface area contributed by atoms with Crippen molar-refractivity contribution in [3.8, 4) is 0 Å². The molecule has 0 aromatic heterocycles. The summed E-state index contributed by atoms with van der Waals surface area (Å²) in [5.74, 6) is -0.132. The Labute approximate surface area is 107 Å². The minimum atomic E-state index is -0.649. The van der Waals surface area contributed by atoms with Gasteiger partial charge in [-0.3, -0.25) is 4.79 Å². The third-order valence-corrected chi connectivity index (χ3v) is 3.09. The van der Waals surface area contributed by atoms with Crippen molar-refractivity contribution in [1.82, 2.24) is 10.2 Å². The lowest BCUT2D eigenvalue weighted by molar-refractivity contribution is -0.137. The second-order valence-corrected chi connectivity index (χ2v) is 4.49. The van der Waals surface area contributed by atoms with Crippen LogP contribution in [0.3, 0.4) is 0 Å². The first kappa shape index (κ1) is 14.7. The number of nitrogens with two attached hydrogens (primary N) is 2. The Bertz CT molecular complexity index is 298. The molecule has 0 aliphatic carbocycles. The van der Waals surface area contributed by atoms with Crippen molar-refractivity contribution in [3.63, 3.8) is 0 Å². The molecule has 7 heteroatoms. The van der Waals surface area contributed by atoms with Crippen LogP contribution in [-0.4, -0.2) is 55.7 Å². The number of piperidine rings is 1. The van der Waals surface area contributed by atoms with Crippen LogP contribution in [0.25, 0.3) is 0 Å². The molecule has 0 aromatic rings. The van der Waals surface area contributed by atoms with Crippen LogP contribution in [0.4, 0.5) is 4.79 Å². The highest BCUT2D eigenvalue weighted by Crippen LogP contribution is 2.17. The predicted octanol–water partition coefficient (Wildman–Crippen LogP) is -0.990. The summed E-state index contributed by atoms with van der Waals surface area (Å²) in [5, 5.41) is 2.54. The van der Waals surface area contributed by atoms with E-state index < -0.39 is 12.1 Å². The zero-order chi connectivity index (χ0) is 13.5. The second-order valence-electron chi connectivity index (χ2n) is 4.49. The molecular formula is C11H22N4O3. The highest BCUT2D eigenvalue weighted by molar-refractivity contribution is 5.82. The molecule has 0 saturated carbocycles. The molecule has 1 aliphatic heterocycles. The summed E-state index contributed by atoms with van der Waals surface area (Å²) < 4.78 is 4.89. The molecule has 1 saturated heterocycles. The molecule has 0 spiro atoms. The maximum Gasteiger partial charge on any atom is 0.312 e. The van der Waals surface area contributed by atoms with E-state index in [1.54, 1.807) is 4.90 Å². The fourth-order valence-corrected chi connectivity index (χ4v) is 2.19. The Kier molecular flexibility index (Phi) is 5.87.